The first kappa shape index (κ1) is 20.4. The second-order valence-corrected chi connectivity index (χ2v) is 8.27. The minimum Gasteiger partial charge on any atom is -0.454 e. The van der Waals surface area contributed by atoms with Crippen LogP contribution in [0.25, 0.3) is 17.0 Å². The van der Waals surface area contributed by atoms with Gasteiger partial charge in [-0.25, -0.2) is 4.79 Å². The van der Waals surface area contributed by atoms with E-state index < -0.39 is 6.04 Å². The Kier molecular flexibility index (Phi) is 5.26. The van der Waals surface area contributed by atoms with Gasteiger partial charge in [0.2, 0.25) is 12.6 Å². The SMILES string of the molecule is CCN1C(=O)NC(c2ccc(SC)cc2)C(c2nc(-c3ccc4c(c3)OCO4)no2)=C1C. The molecule has 164 valence electrons. The van der Waals surface area contributed by atoms with Gasteiger partial charge in [-0.2, -0.15) is 4.98 Å². The zero-order chi connectivity index (χ0) is 22.2. The van der Waals surface area contributed by atoms with Crippen LogP contribution in [0.5, 0.6) is 11.5 Å². The fourth-order valence-corrected chi connectivity index (χ4v) is 4.38. The second-order valence-electron chi connectivity index (χ2n) is 7.39. The summed E-state index contributed by atoms with van der Waals surface area (Å²) in [6.45, 7) is 4.57. The molecule has 0 fully saturated rings. The number of hydrogen-bond acceptors (Lipinski definition) is 7. The van der Waals surface area contributed by atoms with E-state index in [1.807, 2.05) is 62.6 Å². The molecule has 1 N–H and O–H groups in total. The van der Waals surface area contributed by atoms with Gasteiger partial charge >= 0.3 is 6.03 Å². The van der Waals surface area contributed by atoms with Gasteiger partial charge in [0.05, 0.1) is 11.6 Å². The third-order valence-electron chi connectivity index (χ3n) is 5.65. The van der Waals surface area contributed by atoms with Crippen molar-refractivity contribution < 1.29 is 18.8 Å². The van der Waals surface area contributed by atoms with E-state index in [1.165, 1.54) is 0 Å². The number of fused-ring (bicyclic) bond motifs is 1. The number of carbonyl (C=O) groups excluding carboxylic acids is 1. The van der Waals surface area contributed by atoms with E-state index in [0.29, 0.717) is 29.8 Å². The molecule has 0 saturated heterocycles. The van der Waals surface area contributed by atoms with Crippen LogP contribution in [0.15, 0.2) is 57.6 Å². The summed E-state index contributed by atoms with van der Waals surface area (Å²) in [6, 6.07) is 13.1. The molecular weight excluding hydrogens is 428 g/mol. The number of thioether (sulfide) groups is 1. The molecule has 2 aromatic carbocycles. The molecule has 0 radical (unpaired) electrons. The summed E-state index contributed by atoms with van der Waals surface area (Å²) in [7, 11) is 0. The summed E-state index contributed by atoms with van der Waals surface area (Å²) in [6.07, 6.45) is 2.03. The Bertz CT molecular complexity index is 1200. The third-order valence-corrected chi connectivity index (χ3v) is 6.39. The van der Waals surface area contributed by atoms with E-state index >= 15 is 0 Å². The summed E-state index contributed by atoms with van der Waals surface area (Å²) in [4.78, 5) is 20.2. The lowest BCUT2D eigenvalue weighted by Gasteiger charge is -2.34. The summed E-state index contributed by atoms with van der Waals surface area (Å²) >= 11 is 1.67. The van der Waals surface area contributed by atoms with E-state index in [1.54, 1.807) is 16.7 Å². The average molecular weight is 451 g/mol. The molecule has 0 aliphatic carbocycles. The lowest BCUT2D eigenvalue weighted by molar-refractivity contribution is 0.174. The third kappa shape index (κ3) is 3.48. The first-order valence-electron chi connectivity index (χ1n) is 10.3. The van der Waals surface area contributed by atoms with Crippen LogP contribution in [0.2, 0.25) is 0 Å². The number of carbonyl (C=O) groups is 1. The highest BCUT2D eigenvalue weighted by Gasteiger charge is 2.35. The molecule has 32 heavy (non-hydrogen) atoms. The number of ether oxygens (including phenoxy) is 2. The van der Waals surface area contributed by atoms with Crippen molar-refractivity contribution in [2.45, 2.75) is 24.8 Å². The molecule has 1 aromatic heterocycles. The number of hydrogen-bond donors (Lipinski definition) is 1. The fraction of sp³-hybridized carbons (Fsp3) is 0.261. The van der Waals surface area contributed by atoms with Crippen molar-refractivity contribution in [1.82, 2.24) is 20.4 Å². The fourth-order valence-electron chi connectivity index (χ4n) is 3.97. The summed E-state index contributed by atoms with van der Waals surface area (Å²) in [5.74, 6) is 2.15. The predicted octanol–water partition coefficient (Wildman–Crippen LogP) is 4.70. The first-order valence-corrected chi connectivity index (χ1v) is 11.5. The van der Waals surface area contributed by atoms with Crippen LogP contribution in [0.4, 0.5) is 4.79 Å². The lowest BCUT2D eigenvalue weighted by atomic mass is 9.95. The normalized spacial score (nSPS) is 17.7. The molecule has 5 rings (SSSR count). The van der Waals surface area contributed by atoms with Gasteiger partial charge < -0.3 is 19.3 Å². The maximum absolute atomic E-state index is 12.7. The van der Waals surface area contributed by atoms with Crippen LogP contribution in [0, 0.1) is 0 Å². The van der Waals surface area contributed by atoms with E-state index in [-0.39, 0.29) is 12.8 Å². The van der Waals surface area contributed by atoms with E-state index in [2.05, 4.69) is 15.5 Å². The van der Waals surface area contributed by atoms with Gasteiger partial charge in [0, 0.05) is 22.7 Å². The van der Waals surface area contributed by atoms with E-state index in [4.69, 9.17) is 14.0 Å². The molecule has 2 aliphatic heterocycles. The van der Waals surface area contributed by atoms with Gasteiger partial charge in [-0.05, 0) is 56.0 Å². The van der Waals surface area contributed by atoms with Gasteiger partial charge in [0.1, 0.15) is 0 Å². The van der Waals surface area contributed by atoms with Crippen LogP contribution in [0.1, 0.15) is 31.3 Å². The Hall–Kier alpha value is -3.46. The van der Waals surface area contributed by atoms with Crippen LogP contribution < -0.4 is 14.8 Å². The topological polar surface area (TPSA) is 89.7 Å². The summed E-state index contributed by atoms with van der Waals surface area (Å²) < 4.78 is 16.5. The largest absolute Gasteiger partial charge is 0.454 e. The van der Waals surface area contributed by atoms with E-state index in [9.17, 15) is 4.79 Å². The smallest absolute Gasteiger partial charge is 0.322 e. The van der Waals surface area contributed by atoms with Gasteiger partial charge in [0.25, 0.3) is 5.89 Å². The standard InChI is InChI=1S/C23H22N4O4S/c1-4-27-13(2)19(20(24-23(27)28)14-5-8-16(32-3)9-6-14)22-25-21(26-31-22)15-7-10-17-18(11-15)30-12-29-17/h5-11,20H,4,12H2,1-3H3,(H,24,28). The van der Waals surface area contributed by atoms with Crippen molar-refractivity contribution in [2.24, 2.45) is 0 Å². The zero-order valence-electron chi connectivity index (χ0n) is 17.9. The second kappa shape index (κ2) is 8.23. The number of urea groups is 1. The number of aromatic nitrogens is 2. The van der Waals surface area contributed by atoms with Crippen molar-refractivity contribution in [1.29, 1.82) is 0 Å². The lowest BCUT2D eigenvalue weighted by Crippen LogP contribution is -2.45. The van der Waals surface area contributed by atoms with Gasteiger partial charge in [-0.1, -0.05) is 17.3 Å². The highest BCUT2D eigenvalue weighted by atomic mass is 32.2. The monoisotopic (exact) mass is 450 g/mol. The Balaban J connectivity index is 1.56. The van der Waals surface area contributed by atoms with Crippen molar-refractivity contribution in [2.75, 3.05) is 19.6 Å². The minimum atomic E-state index is -0.397. The van der Waals surface area contributed by atoms with Crippen LogP contribution >= 0.6 is 11.8 Å². The van der Waals surface area contributed by atoms with Gasteiger partial charge in [-0.15, -0.1) is 11.8 Å². The molecule has 9 heteroatoms. The first-order chi connectivity index (χ1) is 15.6. The summed E-state index contributed by atoms with van der Waals surface area (Å²) in [5, 5.41) is 7.29. The number of allylic oxidation sites excluding steroid dienone is 1. The van der Waals surface area contributed by atoms with Gasteiger partial charge in [0.15, 0.2) is 11.5 Å². The Morgan fingerprint density at radius 1 is 1.16 bits per heavy atom. The molecule has 2 aliphatic rings. The quantitative estimate of drug-likeness (QED) is 0.563. The molecule has 1 atom stereocenters. The van der Waals surface area contributed by atoms with Crippen LogP contribution in [0.3, 0.4) is 0 Å². The number of rotatable bonds is 5. The molecule has 2 amide bonds. The van der Waals surface area contributed by atoms with E-state index in [0.717, 1.165) is 27.3 Å². The molecule has 3 heterocycles. The predicted molar refractivity (Wildman–Crippen MR) is 120 cm³/mol. The average Bonchev–Trinajstić information content (AvgIpc) is 3.48. The molecule has 1 unspecified atom stereocenters. The number of amides is 2. The highest BCUT2D eigenvalue weighted by molar-refractivity contribution is 7.98. The molecule has 0 spiro atoms. The van der Waals surface area contributed by atoms with Crippen LogP contribution in [-0.4, -0.2) is 40.7 Å². The summed E-state index contributed by atoms with van der Waals surface area (Å²) in [5.41, 5.74) is 3.28. The van der Waals surface area contributed by atoms with Gasteiger partial charge in [-0.3, -0.25) is 4.90 Å². The Labute approximate surface area is 189 Å². The minimum absolute atomic E-state index is 0.150. The molecule has 8 nitrogen and oxygen atoms in total. The van der Waals surface area contributed by atoms with Crippen molar-refractivity contribution in [3.63, 3.8) is 0 Å². The number of benzene rings is 2. The zero-order valence-corrected chi connectivity index (χ0v) is 18.7. The Morgan fingerprint density at radius 3 is 2.69 bits per heavy atom. The molecular formula is C23H22N4O4S. The maximum Gasteiger partial charge on any atom is 0.322 e. The van der Waals surface area contributed by atoms with Crippen LogP contribution in [-0.2, 0) is 0 Å². The maximum atomic E-state index is 12.7. The molecule has 3 aromatic rings. The molecule has 0 bridgehead atoms. The number of nitrogens with one attached hydrogen (secondary N) is 1. The number of nitrogens with zero attached hydrogens (tertiary/aromatic N) is 3. The highest BCUT2D eigenvalue weighted by Crippen LogP contribution is 2.39. The Morgan fingerprint density at radius 2 is 1.94 bits per heavy atom. The van der Waals surface area contributed by atoms with Crippen molar-refractivity contribution in [3.8, 4) is 22.9 Å². The molecule has 0 saturated carbocycles. The van der Waals surface area contributed by atoms with Crippen molar-refractivity contribution >= 4 is 23.4 Å². The van der Waals surface area contributed by atoms with Crippen molar-refractivity contribution in [3.05, 3.63) is 59.6 Å².